The summed E-state index contributed by atoms with van der Waals surface area (Å²) in [6, 6.07) is 0. The Hall–Kier alpha value is -2.67. The number of rotatable bonds is 8. The summed E-state index contributed by atoms with van der Waals surface area (Å²) >= 11 is 0. The average molecular weight is 678 g/mol. The predicted molar refractivity (Wildman–Crippen MR) is 225 cm³/mol. The van der Waals surface area contributed by atoms with Crippen LogP contribution in [0, 0.1) is 38.4 Å². The summed E-state index contributed by atoms with van der Waals surface area (Å²) < 4.78 is 0. The fourth-order valence-corrected chi connectivity index (χ4v) is 7.58. The van der Waals surface area contributed by atoms with Gasteiger partial charge in [0.05, 0.1) is 5.70 Å². The van der Waals surface area contributed by atoms with Crippen LogP contribution in [0.25, 0.3) is 0 Å². The second kappa shape index (κ2) is 15.1. The van der Waals surface area contributed by atoms with Gasteiger partial charge >= 0.3 is 0 Å². The van der Waals surface area contributed by atoms with Crippen molar-refractivity contribution in [2.45, 2.75) is 156 Å². The second-order valence-electron chi connectivity index (χ2n) is 20.6. The van der Waals surface area contributed by atoms with Crippen molar-refractivity contribution in [2.75, 3.05) is 0 Å². The Bertz CT molecular complexity index is 1560. The molecule has 0 radical (unpaired) electrons. The molecule has 3 aliphatic rings. The molecule has 0 amide bonds. The maximum Gasteiger partial charge on any atom is 0.0701 e. The molecule has 3 aliphatic carbocycles. The molecule has 0 aromatic rings. The Labute approximate surface area is 310 Å². The minimum atomic E-state index is -0.0134. The topological polar surface area (TPSA) is 12.4 Å². The third-order valence-corrected chi connectivity index (χ3v) is 12.2. The van der Waals surface area contributed by atoms with E-state index in [0.717, 1.165) is 37.0 Å². The van der Waals surface area contributed by atoms with Gasteiger partial charge in [0.15, 0.2) is 0 Å². The van der Waals surface area contributed by atoms with Crippen molar-refractivity contribution in [3.63, 3.8) is 0 Å². The molecular formula is C49H75N. The zero-order valence-corrected chi connectivity index (χ0v) is 35.5. The predicted octanol–water partition coefficient (Wildman–Crippen LogP) is 15.2. The van der Waals surface area contributed by atoms with Gasteiger partial charge in [-0.3, -0.25) is 4.99 Å². The summed E-state index contributed by atoms with van der Waals surface area (Å²) in [7, 11) is 0. The monoisotopic (exact) mass is 678 g/mol. The van der Waals surface area contributed by atoms with Crippen molar-refractivity contribution in [1.29, 1.82) is 0 Å². The lowest BCUT2D eigenvalue weighted by atomic mass is 9.63. The Morgan fingerprint density at radius 1 is 0.840 bits per heavy atom. The standard InChI is InChI=1S/C49H75N/c1-19-20-41-42(49(17,18)26-25-48(41,15)16)33-50-43-30-36(4)46(11,12)24-22-45(9,10)32-39(43)28-34(2)27-38-31-40(29-35(3)37(38)5)47(13,14)23-21-44(6,7)8/h19-20,27-28,30-33,35H,4-5,21-26,29H2,1-3,6-18H3/b20-19-,34-28?,38-27-,39-32?,43-30+,50-33?. The van der Waals surface area contributed by atoms with E-state index < -0.39 is 0 Å². The van der Waals surface area contributed by atoms with Gasteiger partial charge in [0, 0.05) is 6.21 Å². The molecule has 0 bridgehead atoms. The van der Waals surface area contributed by atoms with E-state index in [1.54, 1.807) is 5.57 Å². The Morgan fingerprint density at radius 2 is 1.42 bits per heavy atom. The van der Waals surface area contributed by atoms with Gasteiger partial charge in [0.1, 0.15) is 0 Å². The highest BCUT2D eigenvalue weighted by atomic mass is 14.7. The average Bonchev–Trinajstić information content (AvgIpc) is 3.00. The third kappa shape index (κ3) is 10.7. The van der Waals surface area contributed by atoms with Crippen LogP contribution >= 0.6 is 0 Å². The van der Waals surface area contributed by atoms with E-state index in [1.807, 2.05) is 0 Å². The van der Waals surface area contributed by atoms with Gasteiger partial charge in [0.2, 0.25) is 0 Å². The highest BCUT2D eigenvalue weighted by molar-refractivity contribution is 5.84. The number of hydrogen-bond acceptors (Lipinski definition) is 1. The van der Waals surface area contributed by atoms with Crippen LogP contribution in [-0.4, -0.2) is 6.21 Å². The Morgan fingerprint density at radius 3 is 2.00 bits per heavy atom. The van der Waals surface area contributed by atoms with Gasteiger partial charge < -0.3 is 0 Å². The minimum Gasteiger partial charge on any atom is -0.256 e. The molecule has 1 nitrogen and oxygen atoms in total. The summed E-state index contributed by atoms with van der Waals surface area (Å²) in [5.74, 6) is 0.430. The van der Waals surface area contributed by atoms with Crippen LogP contribution in [0.2, 0.25) is 0 Å². The van der Waals surface area contributed by atoms with Gasteiger partial charge in [-0.2, -0.15) is 0 Å². The van der Waals surface area contributed by atoms with E-state index >= 15 is 0 Å². The number of allylic oxidation sites excluding steroid dienone is 14. The highest BCUT2D eigenvalue weighted by Gasteiger charge is 2.38. The largest absolute Gasteiger partial charge is 0.256 e. The summed E-state index contributed by atoms with van der Waals surface area (Å²) in [6.45, 7) is 46.8. The first-order chi connectivity index (χ1) is 22.7. The Kier molecular flexibility index (Phi) is 12.6. The van der Waals surface area contributed by atoms with Crippen LogP contribution in [0.4, 0.5) is 0 Å². The lowest BCUT2D eigenvalue weighted by molar-refractivity contribution is 0.277. The van der Waals surface area contributed by atoms with Gasteiger partial charge in [0.25, 0.3) is 0 Å². The lowest BCUT2D eigenvalue weighted by Crippen LogP contribution is -2.31. The number of hydrogen-bond donors (Lipinski definition) is 0. The number of aliphatic imine (C=N–C) groups is 1. The molecule has 0 N–H and O–H groups in total. The first kappa shape index (κ1) is 41.7. The van der Waals surface area contributed by atoms with Gasteiger partial charge in [-0.05, 0) is 142 Å². The van der Waals surface area contributed by atoms with Crippen molar-refractivity contribution in [1.82, 2.24) is 0 Å². The smallest absolute Gasteiger partial charge is 0.0701 e. The second-order valence-corrected chi connectivity index (χ2v) is 20.6. The van der Waals surface area contributed by atoms with Crippen molar-refractivity contribution in [3.8, 4) is 0 Å². The van der Waals surface area contributed by atoms with Crippen LogP contribution < -0.4 is 0 Å². The molecule has 276 valence electrons. The zero-order chi connectivity index (χ0) is 38.1. The first-order valence-corrected chi connectivity index (χ1v) is 19.6. The molecule has 0 heterocycles. The van der Waals surface area contributed by atoms with Crippen molar-refractivity contribution in [2.24, 2.45) is 43.4 Å². The molecule has 1 atom stereocenters. The summed E-state index contributed by atoms with van der Waals surface area (Å²) in [5, 5.41) is 0. The van der Waals surface area contributed by atoms with Crippen LogP contribution in [0.15, 0.2) is 111 Å². The van der Waals surface area contributed by atoms with Crippen LogP contribution in [-0.2, 0) is 0 Å². The molecule has 0 saturated carbocycles. The highest BCUT2D eigenvalue weighted by Crippen LogP contribution is 2.49. The molecule has 0 aromatic carbocycles. The van der Waals surface area contributed by atoms with E-state index in [4.69, 9.17) is 4.99 Å². The van der Waals surface area contributed by atoms with E-state index in [1.165, 1.54) is 52.7 Å². The van der Waals surface area contributed by atoms with Crippen molar-refractivity contribution in [3.05, 3.63) is 106 Å². The van der Waals surface area contributed by atoms with E-state index in [2.05, 4.69) is 173 Å². The lowest BCUT2D eigenvalue weighted by Gasteiger charge is -2.41. The molecule has 0 aromatic heterocycles. The third-order valence-electron chi connectivity index (χ3n) is 12.2. The maximum atomic E-state index is 5.44. The quantitative estimate of drug-likeness (QED) is 0.227. The fourth-order valence-electron chi connectivity index (χ4n) is 7.58. The molecule has 0 aliphatic heterocycles. The van der Waals surface area contributed by atoms with Gasteiger partial charge in [-0.25, -0.2) is 0 Å². The molecule has 1 unspecified atom stereocenters. The van der Waals surface area contributed by atoms with Crippen LogP contribution in [0.3, 0.4) is 0 Å². The normalized spacial score (nSPS) is 26.8. The Balaban J connectivity index is 2.22. The van der Waals surface area contributed by atoms with E-state index in [0.29, 0.717) is 11.3 Å². The molecule has 3 rings (SSSR count). The molecule has 1 heteroatoms. The molecule has 0 saturated heterocycles. The van der Waals surface area contributed by atoms with Crippen molar-refractivity contribution >= 4 is 6.21 Å². The van der Waals surface area contributed by atoms with Gasteiger partial charge in [-0.1, -0.05) is 152 Å². The van der Waals surface area contributed by atoms with E-state index in [-0.39, 0.29) is 27.1 Å². The molecule has 50 heavy (non-hydrogen) atoms. The first-order valence-electron chi connectivity index (χ1n) is 19.6. The molecular weight excluding hydrogens is 603 g/mol. The van der Waals surface area contributed by atoms with Crippen LogP contribution in [0.1, 0.15) is 156 Å². The SMILES string of the molecule is C=C1/C(=C\C(C)=CC2=CC(C)(C)CCC(C)(C)C(=C)/C=C\2N=CC2=C(/C=C\C)C(C)(C)CCC2(C)C)C=C(C(C)(C)CCC(C)(C)C)CC1C. The summed E-state index contributed by atoms with van der Waals surface area (Å²) in [6.07, 6.45) is 26.6. The van der Waals surface area contributed by atoms with Gasteiger partial charge in [-0.15, -0.1) is 0 Å². The molecule has 0 fully saturated rings. The summed E-state index contributed by atoms with van der Waals surface area (Å²) in [4.78, 5) is 5.44. The fraction of sp³-hybridized carbons (Fsp3) is 0.612. The van der Waals surface area contributed by atoms with Crippen LogP contribution in [0.5, 0.6) is 0 Å². The summed E-state index contributed by atoms with van der Waals surface area (Å²) in [5.41, 5.74) is 12.0. The van der Waals surface area contributed by atoms with E-state index in [9.17, 15) is 0 Å². The zero-order valence-electron chi connectivity index (χ0n) is 35.5. The maximum absolute atomic E-state index is 5.44. The van der Waals surface area contributed by atoms with Crippen molar-refractivity contribution < 1.29 is 0 Å². The minimum absolute atomic E-state index is 0.00430. The molecule has 0 spiro atoms. The number of nitrogens with zero attached hydrogens (tertiary/aromatic N) is 1.